The van der Waals surface area contributed by atoms with E-state index in [-0.39, 0.29) is 0 Å². The number of nitrogens with one attached hydrogen (secondary N) is 1. The monoisotopic (exact) mass is 273 g/mol. The van der Waals surface area contributed by atoms with Crippen LogP contribution in [-0.4, -0.2) is 11.0 Å². The Bertz CT molecular complexity index is 537. The smallest absolute Gasteiger partial charge is 0.186 e. The number of aromatic nitrogens is 1. The lowest BCUT2D eigenvalue weighted by molar-refractivity contribution is 0.593. The van der Waals surface area contributed by atoms with Gasteiger partial charge in [0.05, 0.1) is 0 Å². The topological polar surface area (TPSA) is 28.2 Å². The van der Waals surface area contributed by atoms with Gasteiger partial charge in [-0.1, -0.05) is 38.1 Å². The Balaban J connectivity index is 1.68. The minimum atomic E-state index is 0.515. The van der Waals surface area contributed by atoms with Gasteiger partial charge in [-0.2, -0.15) is 0 Å². The van der Waals surface area contributed by atoms with Gasteiger partial charge in [-0.05, 0) is 11.1 Å². The summed E-state index contributed by atoms with van der Waals surface area (Å²) in [4.78, 5) is 8.22. The first kappa shape index (κ1) is 12.6. The molecule has 0 saturated carbocycles. The zero-order valence-electron chi connectivity index (χ0n) is 11.4. The number of hydrogen-bond acceptors (Lipinski definition) is 4. The fourth-order valence-electron chi connectivity index (χ4n) is 2.30. The third kappa shape index (κ3) is 2.80. The predicted molar refractivity (Wildman–Crippen MR) is 80.4 cm³/mol. The maximum absolute atomic E-state index is 4.56. The second-order valence-corrected chi connectivity index (χ2v) is 6.36. The highest BCUT2D eigenvalue weighted by Crippen LogP contribution is 2.31. The Morgan fingerprint density at radius 3 is 2.58 bits per heavy atom. The lowest BCUT2D eigenvalue weighted by atomic mass is 10.1. The number of thiazole rings is 1. The quantitative estimate of drug-likeness (QED) is 0.927. The van der Waals surface area contributed by atoms with Crippen LogP contribution in [0.1, 0.15) is 29.9 Å². The number of benzene rings is 1. The Kier molecular flexibility index (Phi) is 3.53. The molecule has 0 atom stereocenters. The van der Waals surface area contributed by atoms with Crippen molar-refractivity contribution < 1.29 is 0 Å². The number of fused-ring (bicyclic) bond motifs is 1. The summed E-state index contributed by atoms with van der Waals surface area (Å²) < 4.78 is 0. The molecule has 1 aliphatic rings. The summed E-state index contributed by atoms with van der Waals surface area (Å²) in [6, 6.07) is 9.17. The molecule has 100 valence electrons. The van der Waals surface area contributed by atoms with E-state index in [1.807, 2.05) is 6.20 Å². The molecule has 19 heavy (non-hydrogen) atoms. The third-order valence-electron chi connectivity index (χ3n) is 3.34. The summed E-state index contributed by atoms with van der Waals surface area (Å²) in [5, 5.41) is 4.57. The second kappa shape index (κ2) is 5.31. The van der Waals surface area contributed by atoms with E-state index in [0.29, 0.717) is 6.04 Å². The standard InChI is InChI=1S/C15H19N3S/c1-11(2)16-7-14-8-17-15(19-14)18-9-12-5-3-4-6-13(12)10-18/h3-6,8,11,16H,7,9-10H2,1-2H3. The fraction of sp³-hybridized carbons (Fsp3) is 0.400. The Morgan fingerprint density at radius 2 is 1.95 bits per heavy atom. The molecule has 1 N–H and O–H groups in total. The largest absolute Gasteiger partial charge is 0.339 e. The van der Waals surface area contributed by atoms with E-state index in [2.05, 4.69) is 53.3 Å². The van der Waals surface area contributed by atoms with Crippen molar-refractivity contribution >= 4 is 16.5 Å². The number of rotatable bonds is 4. The minimum absolute atomic E-state index is 0.515. The van der Waals surface area contributed by atoms with Gasteiger partial charge in [0, 0.05) is 36.8 Å². The average Bonchev–Trinajstić information content (AvgIpc) is 3.02. The van der Waals surface area contributed by atoms with Crippen LogP contribution < -0.4 is 10.2 Å². The van der Waals surface area contributed by atoms with E-state index >= 15 is 0 Å². The van der Waals surface area contributed by atoms with Gasteiger partial charge >= 0.3 is 0 Å². The molecule has 4 heteroatoms. The maximum Gasteiger partial charge on any atom is 0.186 e. The van der Waals surface area contributed by atoms with Crippen LogP contribution in [-0.2, 0) is 19.6 Å². The Labute approximate surface area is 118 Å². The first-order valence-corrected chi connectivity index (χ1v) is 7.54. The highest BCUT2D eigenvalue weighted by Gasteiger charge is 2.20. The van der Waals surface area contributed by atoms with Crippen molar-refractivity contribution in [2.45, 2.75) is 39.5 Å². The van der Waals surface area contributed by atoms with Crippen LogP contribution >= 0.6 is 11.3 Å². The summed E-state index contributed by atoms with van der Waals surface area (Å²) in [7, 11) is 0. The van der Waals surface area contributed by atoms with Crippen molar-refractivity contribution in [3.8, 4) is 0 Å². The van der Waals surface area contributed by atoms with Gasteiger partial charge in [0.25, 0.3) is 0 Å². The molecular weight excluding hydrogens is 254 g/mol. The molecule has 0 aliphatic carbocycles. The van der Waals surface area contributed by atoms with Gasteiger partial charge in [-0.15, -0.1) is 11.3 Å². The molecule has 1 aromatic heterocycles. The zero-order valence-corrected chi connectivity index (χ0v) is 12.2. The molecule has 0 saturated heterocycles. The predicted octanol–water partition coefficient (Wildman–Crippen LogP) is 3.16. The van der Waals surface area contributed by atoms with E-state index < -0.39 is 0 Å². The van der Waals surface area contributed by atoms with Gasteiger partial charge in [-0.25, -0.2) is 4.98 Å². The van der Waals surface area contributed by atoms with E-state index in [0.717, 1.165) is 24.8 Å². The summed E-state index contributed by atoms with van der Waals surface area (Å²) >= 11 is 1.80. The highest BCUT2D eigenvalue weighted by molar-refractivity contribution is 7.15. The summed E-state index contributed by atoms with van der Waals surface area (Å²) in [5.41, 5.74) is 2.86. The van der Waals surface area contributed by atoms with Crippen LogP contribution in [0.3, 0.4) is 0 Å². The van der Waals surface area contributed by atoms with E-state index in [4.69, 9.17) is 0 Å². The van der Waals surface area contributed by atoms with Gasteiger partial charge in [0.1, 0.15) is 0 Å². The molecule has 0 amide bonds. The molecular formula is C15H19N3S. The lowest BCUT2D eigenvalue weighted by Gasteiger charge is -2.12. The number of hydrogen-bond donors (Lipinski definition) is 1. The summed E-state index contributed by atoms with van der Waals surface area (Å²) in [6.07, 6.45) is 2.00. The normalized spacial score (nSPS) is 14.2. The number of anilines is 1. The maximum atomic E-state index is 4.56. The molecule has 0 unspecified atom stereocenters. The fourth-order valence-corrected chi connectivity index (χ4v) is 3.16. The van der Waals surface area contributed by atoms with Crippen molar-refractivity contribution in [3.63, 3.8) is 0 Å². The van der Waals surface area contributed by atoms with Crippen molar-refractivity contribution in [1.82, 2.24) is 10.3 Å². The zero-order chi connectivity index (χ0) is 13.2. The molecule has 0 radical (unpaired) electrons. The van der Waals surface area contributed by atoms with Crippen molar-refractivity contribution in [2.75, 3.05) is 4.90 Å². The van der Waals surface area contributed by atoms with Crippen molar-refractivity contribution in [3.05, 3.63) is 46.5 Å². The van der Waals surface area contributed by atoms with E-state index in [1.54, 1.807) is 11.3 Å². The Morgan fingerprint density at radius 1 is 1.26 bits per heavy atom. The average molecular weight is 273 g/mol. The molecule has 2 heterocycles. The summed E-state index contributed by atoms with van der Waals surface area (Å²) in [6.45, 7) is 7.22. The second-order valence-electron chi connectivity index (χ2n) is 5.27. The van der Waals surface area contributed by atoms with Crippen LogP contribution in [0.2, 0.25) is 0 Å². The molecule has 1 aromatic carbocycles. The van der Waals surface area contributed by atoms with Crippen LogP contribution in [0.5, 0.6) is 0 Å². The molecule has 0 spiro atoms. The molecule has 3 rings (SSSR count). The van der Waals surface area contributed by atoms with Gasteiger partial charge < -0.3 is 10.2 Å². The summed E-state index contributed by atoms with van der Waals surface area (Å²) in [5.74, 6) is 0. The van der Waals surface area contributed by atoms with Gasteiger partial charge in [0.15, 0.2) is 5.13 Å². The van der Waals surface area contributed by atoms with Crippen molar-refractivity contribution in [1.29, 1.82) is 0 Å². The molecule has 1 aliphatic heterocycles. The molecule has 0 fully saturated rings. The highest BCUT2D eigenvalue weighted by atomic mass is 32.1. The molecule has 2 aromatic rings. The number of nitrogens with zero attached hydrogens (tertiary/aromatic N) is 2. The van der Waals surface area contributed by atoms with Crippen LogP contribution in [0.25, 0.3) is 0 Å². The van der Waals surface area contributed by atoms with Crippen LogP contribution in [0.15, 0.2) is 30.5 Å². The van der Waals surface area contributed by atoms with Crippen LogP contribution in [0, 0.1) is 0 Å². The third-order valence-corrected chi connectivity index (χ3v) is 4.40. The van der Waals surface area contributed by atoms with Crippen molar-refractivity contribution in [2.24, 2.45) is 0 Å². The SMILES string of the molecule is CC(C)NCc1cnc(N2Cc3ccccc3C2)s1. The first-order chi connectivity index (χ1) is 9.22. The van der Waals surface area contributed by atoms with Gasteiger partial charge in [0.2, 0.25) is 0 Å². The van der Waals surface area contributed by atoms with E-state index in [1.165, 1.54) is 16.0 Å². The Hall–Kier alpha value is -1.39. The van der Waals surface area contributed by atoms with Gasteiger partial charge in [-0.3, -0.25) is 0 Å². The molecule has 0 bridgehead atoms. The minimum Gasteiger partial charge on any atom is -0.339 e. The van der Waals surface area contributed by atoms with E-state index in [9.17, 15) is 0 Å². The molecule has 3 nitrogen and oxygen atoms in total. The lowest BCUT2D eigenvalue weighted by Crippen LogP contribution is -2.21. The van der Waals surface area contributed by atoms with Crippen LogP contribution in [0.4, 0.5) is 5.13 Å². The first-order valence-electron chi connectivity index (χ1n) is 6.72.